The Morgan fingerprint density at radius 3 is 2.21 bits per heavy atom. The van der Waals surface area contributed by atoms with Crippen LogP contribution in [0.25, 0.3) is 16.5 Å². The number of carbonyl (C=O) groups excluding carboxylic acids is 3. The van der Waals surface area contributed by atoms with E-state index < -0.39 is 17.8 Å². The van der Waals surface area contributed by atoms with Crippen LogP contribution < -0.4 is 5.32 Å². The third kappa shape index (κ3) is 3.98. The van der Waals surface area contributed by atoms with Gasteiger partial charge in [-0.2, -0.15) is 0 Å². The van der Waals surface area contributed by atoms with Crippen molar-refractivity contribution < 1.29 is 23.9 Å². The molecule has 0 unspecified atom stereocenters. The summed E-state index contributed by atoms with van der Waals surface area (Å²) in [4.78, 5) is 34.9. The van der Waals surface area contributed by atoms with Crippen molar-refractivity contribution >= 4 is 34.3 Å². The zero-order chi connectivity index (χ0) is 17.7. The molecule has 1 amide bonds. The first-order chi connectivity index (χ1) is 11.4. The van der Waals surface area contributed by atoms with Crippen molar-refractivity contribution in [2.75, 3.05) is 7.11 Å². The van der Waals surface area contributed by atoms with E-state index in [1.807, 2.05) is 30.3 Å². The largest absolute Gasteiger partial charge is 0.463 e. The van der Waals surface area contributed by atoms with Crippen LogP contribution in [0.2, 0.25) is 0 Å². The summed E-state index contributed by atoms with van der Waals surface area (Å²) in [6.45, 7) is 2.46. The molecule has 2 aromatic rings. The van der Waals surface area contributed by atoms with Gasteiger partial charge in [0.05, 0.1) is 12.8 Å². The molecule has 2 aromatic carbocycles. The first kappa shape index (κ1) is 17.2. The Hall–Kier alpha value is -3.15. The molecule has 0 aliphatic rings. The number of ether oxygens (including phenoxy) is 2. The lowest BCUT2D eigenvalue weighted by Gasteiger charge is -2.14. The molecule has 24 heavy (non-hydrogen) atoms. The molecule has 0 fully saturated rings. The van der Waals surface area contributed by atoms with Crippen molar-refractivity contribution in [2.24, 2.45) is 0 Å². The molecular formula is C18H17NO5. The molecular weight excluding hydrogens is 310 g/mol. The molecule has 0 heterocycles. The van der Waals surface area contributed by atoms with Gasteiger partial charge in [-0.1, -0.05) is 36.4 Å². The number of amides is 1. The minimum atomic E-state index is -0.859. The number of benzene rings is 2. The van der Waals surface area contributed by atoms with E-state index in [9.17, 15) is 14.4 Å². The van der Waals surface area contributed by atoms with Crippen LogP contribution in [-0.2, 0) is 23.9 Å². The third-order valence-electron chi connectivity index (χ3n) is 3.18. The van der Waals surface area contributed by atoms with Crippen LogP contribution in [0.1, 0.15) is 19.4 Å². The maximum atomic E-state index is 12.0. The highest BCUT2D eigenvalue weighted by Crippen LogP contribution is 2.23. The fourth-order valence-electron chi connectivity index (χ4n) is 2.21. The molecule has 1 N–H and O–H groups in total. The standard InChI is InChI=1S/C18H17NO5/c1-11(20)19-16(17(18(22)23-3)24-12(2)21)15-9-8-13-6-4-5-7-14(13)10-15/h4-10H,1-3H3,(H,19,20)/b17-16+. The summed E-state index contributed by atoms with van der Waals surface area (Å²) in [6.07, 6.45) is 0. The number of hydrogen-bond donors (Lipinski definition) is 1. The number of rotatable bonds is 4. The van der Waals surface area contributed by atoms with Crippen LogP contribution in [0.5, 0.6) is 0 Å². The molecule has 2 rings (SSSR count). The lowest BCUT2D eigenvalue weighted by molar-refractivity contribution is -0.148. The number of carbonyl (C=O) groups is 3. The SMILES string of the molecule is COC(=O)/C(OC(C)=O)=C(\NC(C)=O)c1ccc2ccccc2c1. The Bertz CT molecular complexity index is 838. The fourth-order valence-corrected chi connectivity index (χ4v) is 2.21. The number of methoxy groups -OCH3 is 1. The van der Waals surface area contributed by atoms with Gasteiger partial charge in [-0.15, -0.1) is 0 Å². The van der Waals surface area contributed by atoms with Gasteiger partial charge >= 0.3 is 11.9 Å². The Kier molecular flexibility index (Phi) is 5.31. The topological polar surface area (TPSA) is 81.7 Å². The average Bonchev–Trinajstić information content (AvgIpc) is 2.56. The van der Waals surface area contributed by atoms with Crippen molar-refractivity contribution in [3.05, 3.63) is 53.8 Å². The van der Waals surface area contributed by atoms with E-state index in [1.54, 1.807) is 12.1 Å². The van der Waals surface area contributed by atoms with Crippen molar-refractivity contribution in [1.82, 2.24) is 5.32 Å². The highest BCUT2D eigenvalue weighted by atomic mass is 16.6. The molecule has 0 aliphatic heterocycles. The Morgan fingerprint density at radius 2 is 1.62 bits per heavy atom. The Labute approximate surface area is 139 Å². The van der Waals surface area contributed by atoms with Gasteiger partial charge in [0.25, 0.3) is 0 Å². The van der Waals surface area contributed by atoms with Gasteiger partial charge < -0.3 is 14.8 Å². The zero-order valence-corrected chi connectivity index (χ0v) is 13.6. The van der Waals surface area contributed by atoms with E-state index in [0.717, 1.165) is 24.8 Å². The molecule has 6 nitrogen and oxygen atoms in total. The van der Waals surface area contributed by atoms with Crippen LogP contribution in [0.15, 0.2) is 48.2 Å². The van der Waals surface area contributed by atoms with Gasteiger partial charge in [0.1, 0.15) is 0 Å². The average molecular weight is 327 g/mol. The predicted molar refractivity (Wildman–Crippen MR) is 88.5 cm³/mol. The van der Waals surface area contributed by atoms with E-state index in [4.69, 9.17) is 4.74 Å². The Morgan fingerprint density at radius 1 is 0.958 bits per heavy atom. The van der Waals surface area contributed by atoms with Crippen molar-refractivity contribution in [1.29, 1.82) is 0 Å². The summed E-state index contributed by atoms with van der Waals surface area (Å²) in [6, 6.07) is 13.0. The quantitative estimate of drug-likeness (QED) is 0.530. The molecule has 6 heteroatoms. The van der Waals surface area contributed by atoms with Crippen LogP contribution in [0.4, 0.5) is 0 Å². The molecule has 0 saturated heterocycles. The monoisotopic (exact) mass is 327 g/mol. The van der Waals surface area contributed by atoms with E-state index in [-0.39, 0.29) is 11.5 Å². The summed E-state index contributed by atoms with van der Waals surface area (Å²) in [7, 11) is 1.16. The lowest BCUT2D eigenvalue weighted by atomic mass is 10.0. The van der Waals surface area contributed by atoms with E-state index in [2.05, 4.69) is 10.1 Å². The van der Waals surface area contributed by atoms with Gasteiger partial charge in [0.2, 0.25) is 11.7 Å². The highest BCUT2D eigenvalue weighted by Gasteiger charge is 2.22. The molecule has 124 valence electrons. The summed E-state index contributed by atoms with van der Waals surface area (Å²) in [5.74, 6) is -2.33. The van der Waals surface area contributed by atoms with Crippen molar-refractivity contribution in [2.45, 2.75) is 13.8 Å². The van der Waals surface area contributed by atoms with E-state index in [1.165, 1.54) is 6.92 Å². The molecule has 0 bridgehead atoms. The first-order valence-corrected chi connectivity index (χ1v) is 7.20. The second-order valence-corrected chi connectivity index (χ2v) is 5.03. The number of esters is 2. The smallest absolute Gasteiger partial charge is 0.376 e. The highest BCUT2D eigenvalue weighted by molar-refractivity contribution is 6.01. The van der Waals surface area contributed by atoms with E-state index >= 15 is 0 Å². The van der Waals surface area contributed by atoms with Crippen LogP contribution in [0.3, 0.4) is 0 Å². The summed E-state index contributed by atoms with van der Waals surface area (Å²) < 4.78 is 9.64. The second-order valence-electron chi connectivity index (χ2n) is 5.03. The van der Waals surface area contributed by atoms with E-state index in [0.29, 0.717) is 5.56 Å². The first-order valence-electron chi connectivity index (χ1n) is 7.20. The predicted octanol–water partition coefficient (Wildman–Crippen LogP) is 2.38. The molecule has 0 aromatic heterocycles. The van der Waals surface area contributed by atoms with Gasteiger partial charge in [0.15, 0.2) is 0 Å². The van der Waals surface area contributed by atoms with Crippen LogP contribution in [-0.4, -0.2) is 25.0 Å². The zero-order valence-electron chi connectivity index (χ0n) is 13.6. The van der Waals surface area contributed by atoms with Gasteiger partial charge in [-0.3, -0.25) is 9.59 Å². The normalized spacial score (nSPS) is 11.5. The Balaban J connectivity index is 2.67. The van der Waals surface area contributed by atoms with Gasteiger partial charge in [0, 0.05) is 19.4 Å². The fraction of sp³-hybridized carbons (Fsp3) is 0.167. The van der Waals surface area contributed by atoms with Crippen LogP contribution >= 0.6 is 0 Å². The summed E-state index contributed by atoms with van der Waals surface area (Å²) >= 11 is 0. The minimum Gasteiger partial charge on any atom is -0.463 e. The number of nitrogens with one attached hydrogen (secondary N) is 1. The minimum absolute atomic E-state index is 0.0790. The lowest BCUT2D eigenvalue weighted by Crippen LogP contribution is -2.24. The maximum absolute atomic E-state index is 12.0. The van der Waals surface area contributed by atoms with Crippen molar-refractivity contribution in [3.8, 4) is 0 Å². The number of hydrogen-bond acceptors (Lipinski definition) is 5. The summed E-state index contributed by atoms with van der Waals surface area (Å²) in [5, 5.41) is 4.45. The second kappa shape index (κ2) is 7.41. The van der Waals surface area contributed by atoms with Crippen molar-refractivity contribution in [3.63, 3.8) is 0 Å². The molecule has 0 spiro atoms. The molecule has 0 atom stereocenters. The summed E-state index contributed by atoms with van der Waals surface area (Å²) in [5.41, 5.74) is 0.598. The molecule has 0 radical (unpaired) electrons. The van der Waals surface area contributed by atoms with Crippen LogP contribution in [0, 0.1) is 0 Å². The molecule has 0 aliphatic carbocycles. The molecule has 0 saturated carbocycles. The third-order valence-corrected chi connectivity index (χ3v) is 3.18. The van der Waals surface area contributed by atoms with Gasteiger partial charge in [-0.05, 0) is 16.8 Å². The number of fused-ring (bicyclic) bond motifs is 1. The van der Waals surface area contributed by atoms with Gasteiger partial charge in [-0.25, -0.2) is 4.79 Å². The maximum Gasteiger partial charge on any atom is 0.376 e.